The molecule has 3 atom stereocenters. The zero-order valence-electron chi connectivity index (χ0n) is 17.8. The number of nitrogens with zero attached hydrogens (tertiary/aromatic N) is 3. The van der Waals surface area contributed by atoms with Crippen LogP contribution in [-0.4, -0.2) is 41.3 Å². The summed E-state index contributed by atoms with van der Waals surface area (Å²) in [6.45, 7) is 3.80. The van der Waals surface area contributed by atoms with Crippen LogP contribution in [0.3, 0.4) is 0 Å². The van der Waals surface area contributed by atoms with E-state index in [0.29, 0.717) is 54.7 Å². The highest BCUT2D eigenvalue weighted by atomic mass is 19.1. The first kappa shape index (κ1) is 20.7. The molecule has 166 valence electrons. The van der Waals surface area contributed by atoms with E-state index in [1.807, 2.05) is 11.5 Å². The molecule has 3 aliphatic rings. The van der Waals surface area contributed by atoms with E-state index in [9.17, 15) is 14.7 Å². The molecule has 1 aromatic carbocycles. The number of rotatable bonds is 6. The summed E-state index contributed by atoms with van der Waals surface area (Å²) in [7, 11) is 0. The van der Waals surface area contributed by atoms with Crippen molar-refractivity contribution in [2.45, 2.75) is 38.3 Å². The third-order valence-corrected chi connectivity index (χ3v) is 7.02. The minimum atomic E-state index is -1.29. The van der Waals surface area contributed by atoms with Gasteiger partial charge in [-0.2, -0.15) is 5.26 Å². The van der Waals surface area contributed by atoms with Crippen molar-refractivity contribution in [3.05, 3.63) is 51.6 Å². The van der Waals surface area contributed by atoms with Gasteiger partial charge in [0.25, 0.3) is 0 Å². The Kier molecular flexibility index (Phi) is 5.01. The molecule has 2 N–H and O–H groups in total. The average molecular weight is 436 g/mol. The van der Waals surface area contributed by atoms with E-state index in [-0.39, 0.29) is 23.0 Å². The molecule has 1 saturated heterocycles. The quantitative estimate of drug-likeness (QED) is 0.534. The molecular formula is C24H25FN4O3. The predicted octanol–water partition coefficient (Wildman–Crippen LogP) is 2.98. The lowest BCUT2D eigenvalue weighted by Gasteiger charge is -2.26. The SMILES string of the molecule is Cc1c(N2CC3C=CC(NCCC#N)C3C2)c(F)cc2c(=O)c(C(=O)O)cn(C3CC3)c12. The topological polar surface area (TPSA) is 98.4 Å². The zero-order valence-corrected chi connectivity index (χ0v) is 17.8. The highest BCUT2D eigenvalue weighted by molar-refractivity contribution is 5.95. The third-order valence-electron chi connectivity index (χ3n) is 7.02. The smallest absolute Gasteiger partial charge is 0.341 e. The number of benzene rings is 1. The van der Waals surface area contributed by atoms with E-state index >= 15 is 4.39 Å². The molecule has 2 aliphatic carbocycles. The van der Waals surface area contributed by atoms with Crippen LogP contribution < -0.4 is 15.6 Å². The highest BCUT2D eigenvalue weighted by Crippen LogP contribution is 2.42. The van der Waals surface area contributed by atoms with Gasteiger partial charge in [-0.3, -0.25) is 4.79 Å². The van der Waals surface area contributed by atoms with Gasteiger partial charge in [0.05, 0.1) is 17.3 Å². The minimum Gasteiger partial charge on any atom is -0.477 e. The highest BCUT2D eigenvalue weighted by Gasteiger charge is 2.40. The molecule has 0 radical (unpaired) electrons. The lowest BCUT2D eigenvalue weighted by Crippen LogP contribution is -2.36. The van der Waals surface area contributed by atoms with Gasteiger partial charge in [0.1, 0.15) is 11.4 Å². The van der Waals surface area contributed by atoms with Gasteiger partial charge in [0, 0.05) is 61.6 Å². The number of hydrogen-bond acceptors (Lipinski definition) is 5. The summed E-state index contributed by atoms with van der Waals surface area (Å²) < 4.78 is 17.3. The van der Waals surface area contributed by atoms with E-state index in [0.717, 1.165) is 12.8 Å². The predicted molar refractivity (Wildman–Crippen MR) is 118 cm³/mol. The number of anilines is 1. The zero-order chi connectivity index (χ0) is 22.6. The number of aryl methyl sites for hydroxylation is 1. The van der Waals surface area contributed by atoms with Gasteiger partial charge in [-0.05, 0) is 31.4 Å². The summed E-state index contributed by atoms with van der Waals surface area (Å²) in [5.41, 5.74) is 0.853. The summed E-state index contributed by atoms with van der Waals surface area (Å²) in [4.78, 5) is 26.5. The standard InChI is InChI=1S/C24H25FN4O3/c1-13-21-16(23(30)18(24(31)32)12-29(21)15-4-5-15)9-19(25)22(13)28-10-14-3-6-20(17(14)11-28)27-8-2-7-26/h3,6,9,12,14-15,17,20,27H,2,4-5,8,10-11H2,1H3,(H,31,32). The number of nitrogens with one attached hydrogen (secondary N) is 1. The van der Waals surface area contributed by atoms with Crippen molar-refractivity contribution in [2.75, 3.05) is 24.5 Å². The van der Waals surface area contributed by atoms with E-state index < -0.39 is 17.2 Å². The van der Waals surface area contributed by atoms with E-state index in [1.165, 1.54) is 12.3 Å². The first-order valence-electron chi connectivity index (χ1n) is 11.1. The first-order valence-corrected chi connectivity index (χ1v) is 11.1. The van der Waals surface area contributed by atoms with Crippen molar-refractivity contribution in [3.63, 3.8) is 0 Å². The normalized spacial score (nSPS) is 24.2. The van der Waals surface area contributed by atoms with Crippen molar-refractivity contribution >= 4 is 22.6 Å². The molecule has 32 heavy (non-hydrogen) atoms. The van der Waals surface area contributed by atoms with Gasteiger partial charge < -0.3 is 19.9 Å². The fourth-order valence-corrected chi connectivity index (χ4v) is 5.39. The Balaban J connectivity index is 1.55. The summed E-state index contributed by atoms with van der Waals surface area (Å²) in [6, 6.07) is 3.66. The number of carboxylic acid groups (broad SMARTS) is 1. The second-order valence-corrected chi connectivity index (χ2v) is 9.05. The molecule has 7 nitrogen and oxygen atoms in total. The number of aromatic carboxylic acids is 1. The van der Waals surface area contributed by atoms with Crippen LogP contribution in [-0.2, 0) is 0 Å². The van der Waals surface area contributed by atoms with Gasteiger partial charge in [0.15, 0.2) is 0 Å². The number of carbonyl (C=O) groups is 1. The molecule has 2 aromatic rings. The summed E-state index contributed by atoms with van der Waals surface area (Å²) >= 11 is 0. The minimum absolute atomic E-state index is 0.130. The van der Waals surface area contributed by atoms with Crippen LogP contribution in [0.5, 0.6) is 0 Å². The van der Waals surface area contributed by atoms with Crippen LogP contribution in [0.1, 0.15) is 41.2 Å². The van der Waals surface area contributed by atoms with Gasteiger partial charge in [-0.15, -0.1) is 0 Å². The van der Waals surface area contributed by atoms with Crippen molar-refractivity contribution in [1.82, 2.24) is 9.88 Å². The van der Waals surface area contributed by atoms with E-state index in [1.54, 1.807) is 0 Å². The molecule has 2 heterocycles. The maximum atomic E-state index is 15.4. The van der Waals surface area contributed by atoms with Gasteiger partial charge in [-0.1, -0.05) is 12.2 Å². The van der Waals surface area contributed by atoms with Crippen molar-refractivity contribution < 1.29 is 14.3 Å². The number of fused-ring (bicyclic) bond motifs is 2. The van der Waals surface area contributed by atoms with Crippen molar-refractivity contribution in [3.8, 4) is 6.07 Å². The molecule has 2 fully saturated rings. The maximum absolute atomic E-state index is 15.4. The number of pyridine rings is 1. The van der Waals surface area contributed by atoms with Crippen molar-refractivity contribution in [1.29, 1.82) is 5.26 Å². The Morgan fingerprint density at radius 1 is 1.34 bits per heavy atom. The Labute approximate surface area is 184 Å². The van der Waals surface area contributed by atoms with Gasteiger partial charge >= 0.3 is 5.97 Å². The fraction of sp³-hybridized carbons (Fsp3) is 0.458. The largest absolute Gasteiger partial charge is 0.477 e. The fourth-order valence-electron chi connectivity index (χ4n) is 5.39. The average Bonchev–Trinajstić information content (AvgIpc) is 3.41. The molecule has 0 spiro atoms. The molecule has 1 aromatic heterocycles. The Bertz CT molecular complexity index is 1240. The first-order chi connectivity index (χ1) is 15.4. The summed E-state index contributed by atoms with van der Waals surface area (Å²) in [6.07, 6.45) is 8.01. The maximum Gasteiger partial charge on any atom is 0.341 e. The number of carboxylic acids is 1. The second kappa shape index (κ2) is 7.75. The monoisotopic (exact) mass is 436 g/mol. The van der Waals surface area contributed by atoms with Crippen LogP contribution in [0.25, 0.3) is 10.9 Å². The molecule has 5 rings (SSSR count). The van der Waals surface area contributed by atoms with E-state index in [2.05, 4.69) is 28.4 Å². The van der Waals surface area contributed by atoms with Crippen LogP contribution in [0.15, 0.2) is 29.2 Å². The number of halogens is 1. The molecular weight excluding hydrogens is 411 g/mol. The molecule has 3 unspecified atom stereocenters. The van der Waals surface area contributed by atoms with E-state index in [4.69, 9.17) is 5.26 Å². The van der Waals surface area contributed by atoms with Crippen LogP contribution in [0.4, 0.5) is 10.1 Å². The van der Waals surface area contributed by atoms with Crippen LogP contribution >= 0.6 is 0 Å². The Morgan fingerprint density at radius 3 is 2.81 bits per heavy atom. The lowest BCUT2D eigenvalue weighted by atomic mass is 9.96. The summed E-state index contributed by atoms with van der Waals surface area (Å²) in [5.74, 6) is -1.19. The van der Waals surface area contributed by atoms with Crippen molar-refractivity contribution in [2.24, 2.45) is 11.8 Å². The lowest BCUT2D eigenvalue weighted by molar-refractivity contribution is 0.0695. The van der Waals surface area contributed by atoms with Crippen LogP contribution in [0.2, 0.25) is 0 Å². The molecule has 1 aliphatic heterocycles. The second-order valence-electron chi connectivity index (χ2n) is 9.05. The molecule has 1 saturated carbocycles. The molecule has 8 heteroatoms. The number of hydrogen-bond donors (Lipinski definition) is 2. The summed E-state index contributed by atoms with van der Waals surface area (Å²) in [5, 5.41) is 21.8. The third kappa shape index (κ3) is 3.28. The van der Waals surface area contributed by atoms with Crippen LogP contribution in [0, 0.1) is 35.9 Å². The molecule has 0 bridgehead atoms. The Morgan fingerprint density at radius 2 is 2.12 bits per heavy atom. The van der Waals surface area contributed by atoms with Gasteiger partial charge in [0.2, 0.25) is 5.43 Å². The number of aromatic nitrogens is 1. The van der Waals surface area contributed by atoms with Gasteiger partial charge in [-0.25, -0.2) is 9.18 Å². The number of nitriles is 1. The Hall–Kier alpha value is -3.18. The molecule has 0 amide bonds.